The van der Waals surface area contributed by atoms with E-state index in [0.717, 1.165) is 0 Å². The lowest BCUT2D eigenvalue weighted by atomic mass is 13.1. The second-order valence-electron chi connectivity index (χ2n) is 0.632. The SMILES string of the molecule is N.O.O=S(=O)([O-])[O-].O=[N+]([O-])[O-].[NH4+].[NH4+].[NH4+]. The molecule has 17 N–H and O–H groups in total. The molecule has 0 heterocycles. The largest absolute Gasteiger partial charge is 0.759 e. The topological polar surface area (TPSA) is 322 Å². The van der Waals surface area contributed by atoms with Crippen LogP contribution < -0.4 is 24.6 Å². The van der Waals surface area contributed by atoms with Crippen LogP contribution in [0.4, 0.5) is 0 Å². The molecule has 0 aliphatic rings. The maximum absolute atomic E-state index is 8.52. The molecule has 14 heteroatoms. The highest BCUT2D eigenvalue weighted by molar-refractivity contribution is 7.79. The lowest BCUT2D eigenvalue weighted by Crippen LogP contribution is -1.91. The molecule has 0 aliphatic carbocycles. The lowest BCUT2D eigenvalue weighted by Gasteiger charge is -2.06. The summed E-state index contributed by atoms with van der Waals surface area (Å²) < 4.78 is 34.1. The van der Waals surface area contributed by atoms with Gasteiger partial charge in [0.1, 0.15) is 0 Å². The van der Waals surface area contributed by atoms with E-state index in [4.69, 9.17) is 32.8 Å². The van der Waals surface area contributed by atoms with Gasteiger partial charge in [0.15, 0.2) is 0 Å². The number of hydrogen-bond acceptors (Lipinski definition) is 8. The van der Waals surface area contributed by atoms with E-state index < -0.39 is 15.5 Å². The van der Waals surface area contributed by atoms with Gasteiger partial charge in [-0.05, 0) is 0 Å². The van der Waals surface area contributed by atoms with Crippen LogP contribution in [-0.4, -0.2) is 28.1 Å². The summed E-state index contributed by atoms with van der Waals surface area (Å²) in [7, 11) is -5.17. The number of quaternary nitrogens is 3. The molecule has 0 aromatic heterocycles. The summed E-state index contributed by atoms with van der Waals surface area (Å²) in [4.78, 5) is 8.25. The second kappa shape index (κ2) is 22.6. The minimum Gasteiger partial charge on any atom is -0.759 e. The zero-order valence-electron chi connectivity index (χ0n) is 7.92. The van der Waals surface area contributed by atoms with E-state index >= 15 is 0 Å². The molecule has 0 radical (unpaired) electrons. The Morgan fingerprint density at radius 3 is 0.929 bits per heavy atom. The molecule has 0 bridgehead atoms. The van der Waals surface area contributed by atoms with Gasteiger partial charge < -0.3 is 54.5 Å². The molecular weight excluding hydrogens is 230 g/mol. The van der Waals surface area contributed by atoms with E-state index in [1.165, 1.54) is 0 Å². The van der Waals surface area contributed by atoms with Crippen LogP contribution in [-0.2, 0) is 10.4 Å². The minimum absolute atomic E-state index is 0. The van der Waals surface area contributed by atoms with Gasteiger partial charge in [-0.3, -0.25) is 8.42 Å². The van der Waals surface area contributed by atoms with Gasteiger partial charge in [0, 0.05) is 10.4 Å². The van der Waals surface area contributed by atoms with E-state index in [0.29, 0.717) is 0 Å². The van der Waals surface area contributed by atoms with Gasteiger partial charge >= 0.3 is 0 Å². The predicted molar refractivity (Wildman–Crippen MR) is 47.4 cm³/mol. The number of rotatable bonds is 0. The van der Waals surface area contributed by atoms with Crippen molar-refractivity contribution >= 4 is 10.4 Å². The zero-order chi connectivity index (χ0) is 8.08. The van der Waals surface area contributed by atoms with Crippen LogP contribution in [0.25, 0.3) is 0 Å². The summed E-state index contributed by atoms with van der Waals surface area (Å²) in [6.07, 6.45) is 0. The smallest absolute Gasteiger partial charge is 0.0689 e. The molecule has 0 spiro atoms. The second-order valence-corrected chi connectivity index (χ2v) is 1.45. The summed E-state index contributed by atoms with van der Waals surface area (Å²) in [5, 5.41) is 14.8. The molecular formula is H17N5O8S. The highest BCUT2D eigenvalue weighted by Crippen LogP contribution is 1.57. The summed E-state index contributed by atoms with van der Waals surface area (Å²) in [6, 6.07) is 0. The summed E-state index contributed by atoms with van der Waals surface area (Å²) in [5.74, 6) is 0. The minimum atomic E-state index is -5.17. The van der Waals surface area contributed by atoms with Crippen LogP contribution in [0.3, 0.4) is 0 Å². The number of nitrogens with zero attached hydrogens (tertiary/aromatic N) is 1. The highest BCUT2D eigenvalue weighted by atomic mass is 32.3. The van der Waals surface area contributed by atoms with Crippen molar-refractivity contribution in [3.05, 3.63) is 15.3 Å². The van der Waals surface area contributed by atoms with E-state index in [2.05, 4.69) is 0 Å². The zero-order valence-corrected chi connectivity index (χ0v) is 8.74. The Morgan fingerprint density at radius 2 is 0.929 bits per heavy atom. The van der Waals surface area contributed by atoms with Gasteiger partial charge in [0.25, 0.3) is 0 Å². The Morgan fingerprint density at radius 1 is 0.929 bits per heavy atom. The fourth-order valence-corrected chi connectivity index (χ4v) is 0. The molecule has 0 amide bonds. The fraction of sp³-hybridized carbons (Fsp3) is 0. The van der Waals surface area contributed by atoms with Crippen LogP contribution in [0.5, 0.6) is 0 Å². The molecule has 0 saturated carbocycles. The van der Waals surface area contributed by atoms with Gasteiger partial charge in [-0.15, -0.1) is 0 Å². The molecule has 0 unspecified atom stereocenters. The van der Waals surface area contributed by atoms with Gasteiger partial charge in [0.2, 0.25) is 0 Å². The van der Waals surface area contributed by atoms with Crippen molar-refractivity contribution in [3.8, 4) is 0 Å². The Balaban J connectivity index is -0.0000000104. The summed E-state index contributed by atoms with van der Waals surface area (Å²) in [5.41, 5.74) is 0. The molecule has 0 fully saturated rings. The monoisotopic (exact) mass is 247 g/mol. The first-order chi connectivity index (χ1) is 3.73. The van der Waals surface area contributed by atoms with Crippen LogP contribution >= 0.6 is 0 Å². The Labute approximate surface area is 79.4 Å². The third-order valence-corrected chi connectivity index (χ3v) is 0. The third kappa shape index (κ3) is 829. The molecule has 0 saturated heterocycles. The Kier molecular flexibility index (Phi) is 85.1. The normalized spacial score (nSPS) is 5.86. The van der Waals surface area contributed by atoms with Crippen LogP contribution in [0.2, 0.25) is 0 Å². The van der Waals surface area contributed by atoms with E-state index in [1.54, 1.807) is 0 Å². The van der Waals surface area contributed by atoms with Gasteiger partial charge in [0.05, 0.1) is 5.09 Å². The molecule has 0 atom stereocenters. The lowest BCUT2D eigenvalue weighted by molar-refractivity contribution is -0.402. The van der Waals surface area contributed by atoms with Crippen molar-refractivity contribution in [1.29, 1.82) is 0 Å². The number of hydrogen-bond donors (Lipinski definition) is 4. The van der Waals surface area contributed by atoms with E-state index in [1.807, 2.05) is 0 Å². The maximum Gasteiger partial charge on any atom is 0.0689 e. The van der Waals surface area contributed by atoms with Crippen LogP contribution in [0.1, 0.15) is 0 Å². The molecule has 13 nitrogen and oxygen atoms in total. The fourth-order valence-electron chi connectivity index (χ4n) is 0. The first kappa shape index (κ1) is 52.6. The Bertz CT molecular complexity index is 160. The maximum atomic E-state index is 8.52. The van der Waals surface area contributed by atoms with Crippen LogP contribution in [0, 0.1) is 15.3 Å². The van der Waals surface area contributed by atoms with Crippen LogP contribution in [0.15, 0.2) is 0 Å². The third-order valence-electron chi connectivity index (χ3n) is 0. The van der Waals surface area contributed by atoms with Crippen molar-refractivity contribution in [2.24, 2.45) is 0 Å². The molecule has 0 rings (SSSR count). The molecule has 0 aromatic rings. The van der Waals surface area contributed by atoms with Crippen molar-refractivity contribution in [2.75, 3.05) is 0 Å². The molecule has 14 heavy (non-hydrogen) atoms. The van der Waals surface area contributed by atoms with Crippen molar-refractivity contribution in [1.82, 2.24) is 24.6 Å². The summed E-state index contributed by atoms with van der Waals surface area (Å²) in [6.45, 7) is 0. The standard InChI is InChI=1S/NO3.4H3N.H2O4S.H2O/c2-1(3)4;;;;;1-5(2,3)4;/h;4*1H3;(H2,1,2,3,4);1H2/q-1;;;;;;/p+1. The average molecular weight is 247 g/mol. The molecule has 0 aromatic carbocycles. The van der Waals surface area contributed by atoms with Gasteiger partial charge in [-0.1, -0.05) is 0 Å². The molecule has 0 aliphatic heterocycles. The van der Waals surface area contributed by atoms with Gasteiger partial charge in [-0.25, -0.2) is 0 Å². The Hall–Kier alpha value is -1.13. The average Bonchev–Trinajstić information content (AvgIpc) is 1.19. The van der Waals surface area contributed by atoms with E-state index in [9.17, 15) is 0 Å². The van der Waals surface area contributed by atoms with E-state index in [-0.39, 0.29) is 30.1 Å². The highest BCUT2D eigenvalue weighted by Gasteiger charge is 1.49. The van der Waals surface area contributed by atoms with Crippen molar-refractivity contribution in [2.45, 2.75) is 0 Å². The summed E-state index contributed by atoms with van der Waals surface area (Å²) >= 11 is 0. The van der Waals surface area contributed by atoms with Gasteiger partial charge in [-0.2, -0.15) is 0 Å². The molecule has 96 valence electrons. The first-order valence-electron chi connectivity index (χ1n) is 1.21. The quantitative estimate of drug-likeness (QED) is 0.175. The predicted octanol–water partition coefficient (Wildman–Crippen LogP) is -1.11. The first-order valence-corrected chi connectivity index (χ1v) is 2.55. The van der Waals surface area contributed by atoms with Crippen molar-refractivity contribution in [3.63, 3.8) is 0 Å². The van der Waals surface area contributed by atoms with Crippen molar-refractivity contribution < 1.29 is 28.1 Å².